The molecule has 0 amide bonds. The fraction of sp³-hybridized carbons (Fsp3) is 0.455. The molecule has 1 aromatic rings. The molecule has 8 heteroatoms. The summed E-state index contributed by atoms with van der Waals surface area (Å²) in [6.45, 7) is 3.51. The van der Waals surface area contributed by atoms with Crippen LogP contribution in [0.5, 0.6) is 0 Å². The minimum atomic E-state index is -3.75. The van der Waals surface area contributed by atoms with Gasteiger partial charge in [0.25, 0.3) is 10.0 Å². The molecule has 6 nitrogen and oxygen atoms in total. The lowest BCUT2D eigenvalue weighted by Crippen LogP contribution is -2.37. The van der Waals surface area contributed by atoms with Crippen LogP contribution in [0.3, 0.4) is 0 Å². The Hall–Kier alpha value is -1.43. The van der Waals surface area contributed by atoms with Crippen LogP contribution in [0.2, 0.25) is 0 Å². The fourth-order valence-electron chi connectivity index (χ4n) is 1.50. The molecule has 19 heavy (non-hydrogen) atoms. The molecule has 0 radical (unpaired) electrons. The molecule has 104 valence electrons. The fourth-order valence-corrected chi connectivity index (χ4v) is 4.41. The number of hydrogen-bond acceptors (Lipinski definition) is 5. The molecule has 1 heterocycles. The van der Waals surface area contributed by atoms with Gasteiger partial charge in [-0.05, 0) is 19.9 Å². The Morgan fingerprint density at radius 3 is 2.63 bits per heavy atom. The Morgan fingerprint density at radius 1 is 1.58 bits per heavy atom. The van der Waals surface area contributed by atoms with Crippen LogP contribution in [-0.2, 0) is 10.0 Å². The van der Waals surface area contributed by atoms with Gasteiger partial charge in [0.1, 0.15) is 4.21 Å². The molecule has 0 saturated carbocycles. The Bertz CT molecular complexity index is 598. The molecule has 0 fully saturated rings. The summed E-state index contributed by atoms with van der Waals surface area (Å²) in [6, 6.07) is 2.75. The Balaban J connectivity index is 3.12. The summed E-state index contributed by atoms with van der Waals surface area (Å²) in [6.07, 6.45) is 0.0918. The topological polar surface area (TPSA) is 98.5 Å². The minimum Gasteiger partial charge on any atom is -0.478 e. The van der Waals surface area contributed by atoms with E-state index in [4.69, 9.17) is 10.4 Å². The summed E-state index contributed by atoms with van der Waals surface area (Å²) >= 11 is 0.871. The van der Waals surface area contributed by atoms with Gasteiger partial charge in [-0.2, -0.15) is 9.57 Å². The van der Waals surface area contributed by atoms with Gasteiger partial charge in [-0.25, -0.2) is 13.2 Å². The van der Waals surface area contributed by atoms with E-state index in [0.717, 1.165) is 17.4 Å². The second-order valence-electron chi connectivity index (χ2n) is 4.08. The van der Waals surface area contributed by atoms with Gasteiger partial charge in [0, 0.05) is 24.4 Å². The molecule has 0 atom stereocenters. The molecule has 0 aromatic carbocycles. The zero-order valence-electron chi connectivity index (χ0n) is 10.5. The van der Waals surface area contributed by atoms with Crippen molar-refractivity contribution in [1.82, 2.24) is 4.31 Å². The predicted octanol–water partition coefficient (Wildman–Crippen LogP) is 1.76. The van der Waals surface area contributed by atoms with E-state index >= 15 is 0 Å². The maximum Gasteiger partial charge on any atom is 0.336 e. The van der Waals surface area contributed by atoms with E-state index in [1.807, 2.05) is 6.07 Å². The van der Waals surface area contributed by atoms with E-state index in [1.165, 1.54) is 9.69 Å². The maximum atomic E-state index is 12.3. The van der Waals surface area contributed by atoms with E-state index in [0.29, 0.717) is 0 Å². The van der Waals surface area contributed by atoms with Crippen LogP contribution in [0.4, 0.5) is 0 Å². The predicted molar refractivity (Wildman–Crippen MR) is 70.5 cm³/mol. The standard InChI is InChI=1S/C11H14N2O4S2/c1-8(2)13(5-3-4-12)19(16,17)10-6-9(7-18-10)11(14)15/h6-8H,3,5H2,1-2H3,(H,14,15). The highest BCUT2D eigenvalue weighted by molar-refractivity contribution is 7.91. The first-order chi connectivity index (χ1) is 8.80. The number of thiophene rings is 1. The van der Waals surface area contributed by atoms with Gasteiger partial charge in [-0.1, -0.05) is 0 Å². The second kappa shape index (κ2) is 6.14. The summed E-state index contributed by atoms with van der Waals surface area (Å²) in [5.41, 5.74) is -0.0486. The van der Waals surface area contributed by atoms with Crippen molar-refractivity contribution < 1.29 is 18.3 Å². The molecule has 0 aliphatic rings. The second-order valence-corrected chi connectivity index (χ2v) is 7.11. The third-order valence-corrected chi connectivity index (χ3v) is 5.90. The molecule has 0 saturated heterocycles. The summed E-state index contributed by atoms with van der Waals surface area (Å²) in [5, 5.41) is 18.7. The third kappa shape index (κ3) is 3.53. The van der Waals surface area contributed by atoms with Gasteiger partial charge in [0.15, 0.2) is 0 Å². The van der Waals surface area contributed by atoms with Crippen LogP contribution < -0.4 is 0 Å². The number of nitrogens with zero attached hydrogens (tertiary/aromatic N) is 2. The average Bonchev–Trinajstić information content (AvgIpc) is 2.78. The highest BCUT2D eigenvalue weighted by Gasteiger charge is 2.28. The number of hydrogen-bond donors (Lipinski definition) is 1. The molecule has 0 aliphatic heterocycles. The molecule has 0 spiro atoms. The number of rotatable bonds is 6. The van der Waals surface area contributed by atoms with Gasteiger partial charge in [-0.3, -0.25) is 0 Å². The van der Waals surface area contributed by atoms with Gasteiger partial charge in [-0.15, -0.1) is 11.3 Å². The summed E-state index contributed by atoms with van der Waals surface area (Å²) in [4.78, 5) is 10.8. The van der Waals surface area contributed by atoms with E-state index in [-0.39, 0.29) is 28.8 Å². The number of sulfonamides is 1. The smallest absolute Gasteiger partial charge is 0.336 e. The van der Waals surface area contributed by atoms with E-state index < -0.39 is 16.0 Å². The van der Waals surface area contributed by atoms with Crippen molar-refractivity contribution in [1.29, 1.82) is 5.26 Å². The highest BCUT2D eigenvalue weighted by Crippen LogP contribution is 2.25. The molecule has 0 unspecified atom stereocenters. The SMILES string of the molecule is CC(C)N(CCC#N)S(=O)(=O)c1cc(C(=O)O)cs1. The average molecular weight is 302 g/mol. The van der Waals surface area contributed by atoms with E-state index in [9.17, 15) is 13.2 Å². The molecule has 1 aromatic heterocycles. The van der Waals surface area contributed by atoms with Crippen LogP contribution in [0, 0.1) is 11.3 Å². The maximum absolute atomic E-state index is 12.3. The van der Waals surface area contributed by atoms with Crippen molar-refractivity contribution in [3.63, 3.8) is 0 Å². The molecule has 1 N–H and O–H groups in total. The zero-order valence-corrected chi connectivity index (χ0v) is 12.2. The lowest BCUT2D eigenvalue weighted by molar-refractivity contribution is 0.0697. The number of nitriles is 1. The van der Waals surface area contributed by atoms with Crippen LogP contribution >= 0.6 is 11.3 Å². The largest absolute Gasteiger partial charge is 0.478 e. The number of carbonyl (C=O) groups is 1. The van der Waals surface area contributed by atoms with Crippen LogP contribution in [0.1, 0.15) is 30.6 Å². The van der Waals surface area contributed by atoms with E-state index in [1.54, 1.807) is 13.8 Å². The first-order valence-electron chi connectivity index (χ1n) is 5.51. The van der Waals surface area contributed by atoms with Crippen LogP contribution in [0.25, 0.3) is 0 Å². The third-order valence-electron chi connectivity index (χ3n) is 2.41. The van der Waals surface area contributed by atoms with Gasteiger partial charge < -0.3 is 5.11 Å². The summed E-state index contributed by atoms with van der Waals surface area (Å²) < 4.78 is 25.9. The highest BCUT2D eigenvalue weighted by atomic mass is 32.2. The Labute approximate surface area is 115 Å². The molecular formula is C11H14N2O4S2. The number of aromatic carboxylic acids is 1. The Morgan fingerprint density at radius 2 is 2.21 bits per heavy atom. The monoisotopic (exact) mass is 302 g/mol. The zero-order chi connectivity index (χ0) is 14.6. The van der Waals surface area contributed by atoms with Crippen LogP contribution in [0.15, 0.2) is 15.7 Å². The summed E-state index contributed by atoms with van der Waals surface area (Å²) in [7, 11) is -3.75. The lowest BCUT2D eigenvalue weighted by atomic mass is 10.3. The van der Waals surface area contributed by atoms with E-state index in [2.05, 4.69) is 0 Å². The first-order valence-corrected chi connectivity index (χ1v) is 7.83. The van der Waals surface area contributed by atoms with Crippen molar-refractivity contribution in [2.45, 2.75) is 30.5 Å². The normalized spacial score (nSPS) is 11.7. The number of carboxylic acids is 1. The van der Waals surface area contributed by atoms with Crippen molar-refractivity contribution in [3.8, 4) is 6.07 Å². The van der Waals surface area contributed by atoms with Gasteiger partial charge in [0.2, 0.25) is 0 Å². The van der Waals surface area contributed by atoms with Gasteiger partial charge >= 0.3 is 5.97 Å². The van der Waals surface area contributed by atoms with Crippen molar-refractivity contribution in [3.05, 3.63) is 17.0 Å². The molecule has 0 aliphatic carbocycles. The lowest BCUT2D eigenvalue weighted by Gasteiger charge is -2.24. The molecular weight excluding hydrogens is 288 g/mol. The minimum absolute atomic E-state index is 0.0171. The molecule has 1 rings (SSSR count). The Kier molecular flexibility index (Phi) is 5.05. The van der Waals surface area contributed by atoms with Gasteiger partial charge in [0.05, 0.1) is 11.6 Å². The van der Waals surface area contributed by atoms with Crippen LogP contribution in [-0.4, -0.2) is 36.4 Å². The molecule has 0 bridgehead atoms. The van der Waals surface area contributed by atoms with Crippen molar-refractivity contribution >= 4 is 27.3 Å². The first kappa shape index (κ1) is 15.6. The van der Waals surface area contributed by atoms with Crippen molar-refractivity contribution in [2.24, 2.45) is 0 Å². The quantitative estimate of drug-likeness (QED) is 0.863. The van der Waals surface area contributed by atoms with Crippen molar-refractivity contribution in [2.75, 3.05) is 6.54 Å². The number of carboxylic acid groups (broad SMARTS) is 1. The summed E-state index contributed by atoms with van der Waals surface area (Å²) in [5.74, 6) is -1.16.